The average Bonchev–Trinajstić information content (AvgIpc) is 2.36. The number of aromatic nitrogens is 1. The van der Waals surface area contributed by atoms with Crippen LogP contribution in [0.4, 0.5) is 0 Å². The Bertz CT molecular complexity index is 333. The fourth-order valence-corrected chi connectivity index (χ4v) is 1.36. The van der Waals surface area contributed by atoms with Crippen LogP contribution in [-0.2, 0) is 0 Å². The van der Waals surface area contributed by atoms with E-state index in [1.54, 1.807) is 24.5 Å². The van der Waals surface area contributed by atoms with Crippen molar-refractivity contribution >= 4 is 5.91 Å². The number of hydrogen-bond donors (Lipinski definition) is 2. The topological polar surface area (TPSA) is 68.0 Å². The Balaban J connectivity index is 2.54. The van der Waals surface area contributed by atoms with Crippen molar-refractivity contribution in [3.8, 4) is 0 Å². The number of hydrogen-bond acceptors (Lipinski definition) is 3. The second kappa shape index (κ2) is 5.61. The molecule has 4 nitrogen and oxygen atoms in total. The molecule has 16 heavy (non-hydrogen) atoms. The number of amides is 1. The number of nitrogens with one attached hydrogen (secondary N) is 1. The molecule has 0 saturated carbocycles. The summed E-state index contributed by atoms with van der Waals surface area (Å²) in [5.74, 6) is -0.121. The number of pyridine rings is 1. The zero-order valence-corrected chi connectivity index (χ0v) is 9.86. The summed E-state index contributed by atoms with van der Waals surface area (Å²) in [6.45, 7) is 4.55. The van der Waals surface area contributed by atoms with Gasteiger partial charge in [-0.15, -0.1) is 0 Å². The predicted octanol–water partition coefficient (Wildman–Crippen LogP) is 1.33. The largest absolute Gasteiger partial charge is 0.350 e. The van der Waals surface area contributed by atoms with Crippen molar-refractivity contribution in [1.82, 2.24) is 10.3 Å². The summed E-state index contributed by atoms with van der Waals surface area (Å²) in [4.78, 5) is 15.6. The number of carbonyl (C=O) groups excluding carboxylic acids is 1. The molecule has 0 fully saturated rings. The van der Waals surface area contributed by atoms with Crippen LogP contribution in [-0.4, -0.2) is 23.0 Å². The van der Waals surface area contributed by atoms with Crippen LogP contribution in [0.3, 0.4) is 0 Å². The summed E-state index contributed by atoms with van der Waals surface area (Å²) in [5, 5.41) is 2.84. The minimum absolute atomic E-state index is 0.121. The molecule has 1 amide bonds. The van der Waals surface area contributed by atoms with Crippen LogP contribution in [0.25, 0.3) is 0 Å². The van der Waals surface area contributed by atoms with Crippen LogP contribution in [0.1, 0.15) is 37.0 Å². The van der Waals surface area contributed by atoms with Gasteiger partial charge in [-0.1, -0.05) is 13.8 Å². The zero-order valence-electron chi connectivity index (χ0n) is 9.86. The molecule has 0 atom stereocenters. The van der Waals surface area contributed by atoms with Crippen molar-refractivity contribution in [2.45, 2.75) is 32.2 Å². The van der Waals surface area contributed by atoms with Crippen molar-refractivity contribution in [2.24, 2.45) is 5.73 Å². The van der Waals surface area contributed by atoms with E-state index in [0.717, 1.165) is 12.8 Å². The molecule has 0 unspecified atom stereocenters. The van der Waals surface area contributed by atoms with Gasteiger partial charge in [0.25, 0.3) is 5.91 Å². The molecule has 0 aliphatic rings. The highest BCUT2D eigenvalue weighted by Gasteiger charge is 2.21. The molecule has 1 rings (SSSR count). The van der Waals surface area contributed by atoms with E-state index in [9.17, 15) is 4.79 Å². The molecular weight excluding hydrogens is 202 g/mol. The van der Waals surface area contributed by atoms with E-state index in [0.29, 0.717) is 12.1 Å². The summed E-state index contributed by atoms with van der Waals surface area (Å²) in [6, 6.07) is 3.47. The van der Waals surface area contributed by atoms with Crippen molar-refractivity contribution in [1.29, 1.82) is 0 Å². The van der Waals surface area contributed by atoms with E-state index < -0.39 is 0 Å². The van der Waals surface area contributed by atoms with Crippen LogP contribution in [0, 0.1) is 0 Å². The van der Waals surface area contributed by atoms with Gasteiger partial charge in [-0.2, -0.15) is 0 Å². The normalized spacial score (nSPS) is 11.2. The van der Waals surface area contributed by atoms with Crippen LogP contribution in [0.15, 0.2) is 24.5 Å². The minimum atomic E-state index is -0.308. The van der Waals surface area contributed by atoms with E-state index in [-0.39, 0.29) is 11.4 Å². The molecule has 0 aromatic carbocycles. The molecule has 0 saturated heterocycles. The van der Waals surface area contributed by atoms with Gasteiger partial charge in [0.05, 0.1) is 5.56 Å². The summed E-state index contributed by atoms with van der Waals surface area (Å²) in [6.07, 6.45) is 4.88. The first-order valence-electron chi connectivity index (χ1n) is 5.58. The first-order valence-corrected chi connectivity index (χ1v) is 5.58. The number of nitrogens with two attached hydrogens (primary N) is 1. The van der Waals surface area contributed by atoms with Gasteiger partial charge in [-0.3, -0.25) is 9.78 Å². The number of rotatable bonds is 5. The minimum Gasteiger partial charge on any atom is -0.350 e. The van der Waals surface area contributed by atoms with Gasteiger partial charge in [0.1, 0.15) is 0 Å². The van der Waals surface area contributed by atoms with E-state index >= 15 is 0 Å². The van der Waals surface area contributed by atoms with Crippen LogP contribution in [0.5, 0.6) is 0 Å². The van der Waals surface area contributed by atoms with E-state index in [1.165, 1.54) is 0 Å². The number of nitrogens with zero attached hydrogens (tertiary/aromatic N) is 1. The van der Waals surface area contributed by atoms with E-state index in [1.807, 2.05) is 13.8 Å². The molecular formula is C12H19N3O. The van der Waals surface area contributed by atoms with Crippen LogP contribution in [0.2, 0.25) is 0 Å². The molecule has 1 aromatic rings. The summed E-state index contributed by atoms with van der Waals surface area (Å²) in [5.41, 5.74) is 6.35. The fraction of sp³-hybridized carbons (Fsp3) is 0.500. The average molecular weight is 221 g/mol. The highest BCUT2D eigenvalue weighted by Crippen LogP contribution is 2.09. The third-order valence-electron chi connectivity index (χ3n) is 2.93. The lowest BCUT2D eigenvalue weighted by atomic mass is 9.94. The van der Waals surface area contributed by atoms with Gasteiger partial charge in [-0.05, 0) is 25.0 Å². The SMILES string of the molecule is CCC(N)(CC)CNC(=O)c1cccnc1. The fourth-order valence-electron chi connectivity index (χ4n) is 1.36. The quantitative estimate of drug-likeness (QED) is 0.788. The van der Waals surface area contributed by atoms with Gasteiger partial charge in [0.2, 0.25) is 0 Å². The van der Waals surface area contributed by atoms with Gasteiger partial charge in [0, 0.05) is 24.5 Å². The van der Waals surface area contributed by atoms with Crippen molar-refractivity contribution in [2.75, 3.05) is 6.54 Å². The molecule has 0 spiro atoms. The lowest BCUT2D eigenvalue weighted by Crippen LogP contribution is -2.49. The van der Waals surface area contributed by atoms with Crippen molar-refractivity contribution < 1.29 is 4.79 Å². The zero-order chi connectivity index (χ0) is 12.0. The monoisotopic (exact) mass is 221 g/mol. The lowest BCUT2D eigenvalue weighted by molar-refractivity contribution is 0.0942. The predicted molar refractivity (Wildman–Crippen MR) is 64.1 cm³/mol. The number of carbonyl (C=O) groups is 1. The molecule has 0 radical (unpaired) electrons. The van der Waals surface area contributed by atoms with Gasteiger partial charge < -0.3 is 11.1 Å². The van der Waals surface area contributed by atoms with E-state index in [4.69, 9.17) is 5.73 Å². The third-order valence-corrected chi connectivity index (χ3v) is 2.93. The molecule has 0 aliphatic heterocycles. The van der Waals surface area contributed by atoms with Crippen LogP contribution >= 0.6 is 0 Å². The molecule has 88 valence electrons. The van der Waals surface area contributed by atoms with Gasteiger partial charge >= 0.3 is 0 Å². The van der Waals surface area contributed by atoms with Gasteiger partial charge in [0.15, 0.2) is 0 Å². The van der Waals surface area contributed by atoms with Crippen molar-refractivity contribution in [3.63, 3.8) is 0 Å². The first kappa shape index (κ1) is 12.6. The second-order valence-electron chi connectivity index (χ2n) is 3.99. The van der Waals surface area contributed by atoms with Crippen LogP contribution < -0.4 is 11.1 Å². The Morgan fingerprint density at radius 2 is 2.19 bits per heavy atom. The second-order valence-corrected chi connectivity index (χ2v) is 3.99. The molecule has 1 aromatic heterocycles. The molecule has 0 bridgehead atoms. The highest BCUT2D eigenvalue weighted by atomic mass is 16.1. The Hall–Kier alpha value is -1.42. The maximum absolute atomic E-state index is 11.7. The maximum Gasteiger partial charge on any atom is 0.252 e. The molecule has 4 heteroatoms. The Morgan fingerprint density at radius 1 is 1.50 bits per heavy atom. The molecule has 0 aliphatic carbocycles. The summed E-state index contributed by atoms with van der Waals surface area (Å²) >= 11 is 0. The Morgan fingerprint density at radius 3 is 2.69 bits per heavy atom. The molecule has 3 N–H and O–H groups in total. The standard InChI is InChI=1S/C12H19N3O/c1-3-12(13,4-2)9-15-11(16)10-6-5-7-14-8-10/h5-8H,3-4,9,13H2,1-2H3,(H,15,16). The maximum atomic E-state index is 11.7. The Labute approximate surface area is 96.3 Å². The van der Waals surface area contributed by atoms with Crippen molar-refractivity contribution in [3.05, 3.63) is 30.1 Å². The highest BCUT2D eigenvalue weighted by molar-refractivity contribution is 5.93. The first-order chi connectivity index (χ1) is 7.61. The molecule has 1 heterocycles. The third kappa shape index (κ3) is 3.31. The summed E-state index contributed by atoms with van der Waals surface area (Å²) < 4.78 is 0. The van der Waals surface area contributed by atoms with E-state index in [2.05, 4.69) is 10.3 Å². The summed E-state index contributed by atoms with van der Waals surface area (Å²) in [7, 11) is 0. The Kier molecular flexibility index (Phi) is 4.43. The lowest BCUT2D eigenvalue weighted by Gasteiger charge is -2.26. The van der Waals surface area contributed by atoms with Gasteiger partial charge in [-0.25, -0.2) is 0 Å². The smallest absolute Gasteiger partial charge is 0.252 e.